The second-order valence-electron chi connectivity index (χ2n) is 5.07. The van der Waals surface area contributed by atoms with E-state index in [0.29, 0.717) is 0 Å². The van der Waals surface area contributed by atoms with Gasteiger partial charge in [0.05, 0.1) is 4.90 Å². The molecule has 1 aromatic carbocycles. The van der Waals surface area contributed by atoms with Crippen LogP contribution >= 0.6 is 0 Å². The van der Waals surface area contributed by atoms with Gasteiger partial charge in [0.25, 0.3) is 0 Å². The summed E-state index contributed by atoms with van der Waals surface area (Å²) >= 11 is 0. The van der Waals surface area contributed by atoms with Crippen molar-refractivity contribution in [3.05, 3.63) is 24.3 Å². The largest absolute Gasteiger partial charge is 0.481 e. The first kappa shape index (κ1) is 14.8. The number of carboxylic acids is 1. The Labute approximate surface area is 118 Å². The fourth-order valence-corrected chi connectivity index (χ4v) is 3.00. The third kappa shape index (κ3) is 3.71. The summed E-state index contributed by atoms with van der Waals surface area (Å²) in [5, 5.41) is 13.8. The molecule has 110 valence electrons. The monoisotopic (exact) mass is 298 g/mol. The molecule has 0 radical (unpaired) electrons. The molecular weight excluding hydrogens is 280 g/mol. The Bertz CT molecular complexity index is 575. The first-order valence-corrected chi connectivity index (χ1v) is 8.00. The number of primary sulfonamides is 1. The van der Waals surface area contributed by atoms with E-state index in [1.807, 2.05) is 0 Å². The van der Waals surface area contributed by atoms with Crippen molar-refractivity contribution in [3.63, 3.8) is 0 Å². The van der Waals surface area contributed by atoms with Gasteiger partial charge in [0.15, 0.2) is 0 Å². The van der Waals surface area contributed by atoms with Gasteiger partial charge in [-0.25, -0.2) is 13.6 Å². The third-order valence-corrected chi connectivity index (χ3v) is 4.54. The zero-order chi connectivity index (χ0) is 14.8. The van der Waals surface area contributed by atoms with Crippen molar-refractivity contribution in [1.82, 2.24) is 0 Å². The Morgan fingerprint density at radius 3 is 2.25 bits per heavy atom. The minimum Gasteiger partial charge on any atom is -0.481 e. The van der Waals surface area contributed by atoms with E-state index in [-0.39, 0.29) is 17.2 Å². The van der Waals surface area contributed by atoms with E-state index < -0.39 is 16.0 Å². The molecule has 0 aromatic heterocycles. The van der Waals surface area contributed by atoms with E-state index in [4.69, 9.17) is 10.2 Å². The van der Waals surface area contributed by atoms with Crippen LogP contribution in [0.2, 0.25) is 0 Å². The number of carboxylic acid groups (broad SMARTS) is 1. The third-order valence-electron chi connectivity index (χ3n) is 3.61. The van der Waals surface area contributed by atoms with Crippen LogP contribution in [0.5, 0.6) is 0 Å². The van der Waals surface area contributed by atoms with E-state index in [1.165, 1.54) is 12.1 Å². The summed E-state index contributed by atoms with van der Waals surface area (Å²) in [4.78, 5) is 12.9. The lowest BCUT2D eigenvalue weighted by Gasteiger charge is -2.33. The van der Waals surface area contributed by atoms with Crippen LogP contribution in [0, 0.1) is 5.92 Å². The molecule has 0 amide bonds. The summed E-state index contributed by atoms with van der Waals surface area (Å²) in [6.07, 6.45) is 1.89. The quantitative estimate of drug-likeness (QED) is 0.864. The van der Waals surface area contributed by atoms with Crippen LogP contribution in [0.15, 0.2) is 29.2 Å². The summed E-state index contributed by atoms with van der Waals surface area (Å²) in [6.45, 7) is 1.57. The molecule has 0 bridgehead atoms. The molecule has 0 unspecified atom stereocenters. The maximum Gasteiger partial charge on any atom is 0.303 e. The lowest BCUT2D eigenvalue weighted by atomic mass is 9.93. The van der Waals surface area contributed by atoms with E-state index in [0.717, 1.165) is 31.6 Å². The number of nitrogens with two attached hydrogens (primary N) is 1. The van der Waals surface area contributed by atoms with Gasteiger partial charge in [-0.15, -0.1) is 0 Å². The first-order chi connectivity index (χ1) is 9.36. The summed E-state index contributed by atoms with van der Waals surface area (Å²) < 4.78 is 22.3. The molecule has 0 saturated carbocycles. The topological polar surface area (TPSA) is 101 Å². The number of nitrogens with zero attached hydrogens (tertiary/aromatic N) is 1. The van der Waals surface area contributed by atoms with E-state index in [2.05, 4.69) is 4.90 Å². The maximum absolute atomic E-state index is 11.2. The minimum absolute atomic E-state index is 0.0991. The number of benzene rings is 1. The van der Waals surface area contributed by atoms with Crippen molar-refractivity contribution < 1.29 is 18.3 Å². The lowest BCUT2D eigenvalue weighted by Crippen LogP contribution is -2.34. The first-order valence-electron chi connectivity index (χ1n) is 6.46. The number of sulfonamides is 1. The van der Waals surface area contributed by atoms with Gasteiger partial charge in [-0.3, -0.25) is 4.79 Å². The SMILES string of the molecule is NS(=O)(=O)c1ccc(N2CCC(CC(=O)O)CC2)cc1. The van der Waals surface area contributed by atoms with Crippen molar-refractivity contribution in [2.24, 2.45) is 11.1 Å². The average molecular weight is 298 g/mol. The standard InChI is InChI=1S/C13H18N2O4S/c14-20(18,19)12-3-1-11(2-4-12)15-7-5-10(6-8-15)9-13(16)17/h1-4,10H,5-9H2,(H,16,17)(H2,14,18,19). The van der Waals surface area contributed by atoms with Crippen molar-refractivity contribution in [2.75, 3.05) is 18.0 Å². The Kier molecular flexibility index (Phi) is 4.29. The second-order valence-corrected chi connectivity index (χ2v) is 6.63. The second kappa shape index (κ2) is 5.80. The highest BCUT2D eigenvalue weighted by Gasteiger charge is 2.21. The maximum atomic E-state index is 11.2. The van der Waals surface area contributed by atoms with E-state index in [1.54, 1.807) is 12.1 Å². The summed E-state index contributed by atoms with van der Waals surface area (Å²) in [6, 6.07) is 6.45. The van der Waals surface area contributed by atoms with Crippen molar-refractivity contribution in [3.8, 4) is 0 Å². The van der Waals surface area contributed by atoms with Crippen LogP contribution in [0.1, 0.15) is 19.3 Å². The highest BCUT2D eigenvalue weighted by atomic mass is 32.2. The highest BCUT2D eigenvalue weighted by molar-refractivity contribution is 7.89. The van der Waals surface area contributed by atoms with Gasteiger partial charge in [0, 0.05) is 25.2 Å². The average Bonchev–Trinajstić information content (AvgIpc) is 2.38. The van der Waals surface area contributed by atoms with Crippen molar-refractivity contribution in [2.45, 2.75) is 24.2 Å². The van der Waals surface area contributed by atoms with Crippen LogP contribution in [-0.4, -0.2) is 32.6 Å². The molecular formula is C13H18N2O4S. The van der Waals surface area contributed by atoms with E-state index in [9.17, 15) is 13.2 Å². The molecule has 2 rings (SSSR count). The lowest BCUT2D eigenvalue weighted by molar-refractivity contribution is -0.138. The molecule has 20 heavy (non-hydrogen) atoms. The van der Waals surface area contributed by atoms with Crippen LogP contribution in [0.3, 0.4) is 0 Å². The minimum atomic E-state index is -3.66. The van der Waals surface area contributed by atoms with Gasteiger partial charge in [-0.2, -0.15) is 0 Å². The van der Waals surface area contributed by atoms with Crippen LogP contribution in [0.4, 0.5) is 5.69 Å². The Balaban J connectivity index is 1.99. The number of hydrogen-bond acceptors (Lipinski definition) is 4. The molecule has 0 aliphatic carbocycles. The number of carbonyl (C=O) groups is 1. The van der Waals surface area contributed by atoms with Gasteiger partial charge in [-0.05, 0) is 43.0 Å². The molecule has 7 heteroatoms. The van der Waals surface area contributed by atoms with Crippen molar-refractivity contribution >= 4 is 21.7 Å². The van der Waals surface area contributed by atoms with Gasteiger partial charge >= 0.3 is 5.97 Å². The zero-order valence-corrected chi connectivity index (χ0v) is 11.8. The zero-order valence-electron chi connectivity index (χ0n) is 11.0. The normalized spacial score (nSPS) is 17.1. The van der Waals surface area contributed by atoms with Gasteiger partial charge in [0.1, 0.15) is 0 Å². The van der Waals surface area contributed by atoms with E-state index >= 15 is 0 Å². The smallest absolute Gasteiger partial charge is 0.303 e. The molecule has 6 nitrogen and oxygen atoms in total. The van der Waals surface area contributed by atoms with Crippen molar-refractivity contribution in [1.29, 1.82) is 0 Å². The summed E-state index contributed by atoms with van der Waals surface area (Å²) in [5.41, 5.74) is 0.936. The molecule has 1 aliphatic heterocycles. The summed E-state index contributed by atoms with van der Waals surface area (Å²) in [5.74, 6) is -0.520. The Morgan fingerprint density at radius 2 is 1.80 bits per heavy atom. The Hall–Kier alpha value is -1.60. The van der Waals surface area contributed by atoms with Crippen LogP contribution in [0.25, 0.3) is 0 Å². The molecule has 1 aliphatic rings. The molecule has 1 fully saturated rings. The molecule has 1 saturated heterocycles. The highest BCUT2D eigenvalue weighted by Crippen LogP contribution is 2.25. The molecule has 1 heterocycles. The number of piperidine rings is 1. The van der Waals surface area contributed by atoms with Crippen LogP contribution < -0.4 is 10.0 Å². The predicted octanol–water partition coefficient (Wildman–Crippen LogP) is 1.03. The molecule has 0 spiro atoms. The van der Waals surface area contributed by atoms with Gasteiger partial charge < -0.3 is 10.0 Å². The van der Waals surface area contributed by atoms with Gasteiger partial charge in [-0.1, -0.05) is 0 Å². The number of aliphatic carboxylic acids is 1. The van der Waals surface area contributed by atoms with Gasteiger partial charge in [0.2, 0.25) is 10.0 Å². The fraction of sp³-hybridized carbons (Fsp3) is 0.462. The fourth-order valence-electron chi connectivity index (χ4n) is 2.49. The number of anilines is 1. The molecule has 0 atom stereocenters. The number of hydrogen-bond donors (Lipinski definition) is 2. The molecule has 3 N–H and O–H groups in total. The summed E-state index contributed by atoms with van der Waals surface area (Å²) in [7, 11) is -3.66. The van der Waals surface area contributed by atoms with Crippen LogP contribution in [-0.2, 0) is 14.8 Å². The predicted molar refractivity (Wildman–Crippen MR) is 75.0 cm³/mol. The molecule has 1 aromatic rings. The Morgan fingerprint density at radius 1 is 1.25 bits per heavy atom. The number of rotatable bonds is 4.